The third kappa shape index (κ3) is 3.52. The summed E-state index contributed by atoms with van der Waals surface area (Å²) < 4.78 is 5.42. The summed E-state index contributed by atoms with van der Waals surface area (Å²) in [7, 11) is 3.84. The second-order valence-electron chi connectivity index (χ2n) is 5.67. The summed E-state index contributed by atoms with van der Waals surface area (Å²) in [6, 6.07) is 11.0. The van der Waals surface area contributed by atoms with E-state index in [1.54, 1.807) is 7.11 Å². The fourth-order valence-electron chi connectivity index (χ4n) is 3.19. The Labute approximate surface area is 122 Å². The highest BCUT2D eigenvalue weighted by molar-refractivity contribution is 5.33. The van der Waals surface area contributed by atoms with E-state index >= 15 is 0 Å². The minimum Gasteiger partial charge on any atom is -0.496 e. The first-order valence-electron chi connectivity index (χ1n) is 7.48. The highest BCUT2D eigenvalue weighted by Crippen LogP contribution is 2.28. The van der Waals surface area contributed by atoms with E-state index < -0.39 is 0 Å². The quantitative estimate of drug-likeness (QED) is 0.786. The van der Waals surface area contributed by atoms with Crippen LogP contribution in [0.1, 0.15) is 37.7 Å². The third-order valence-electron chi connectivity index (χ3n) is 4.32. The zero-order chi connectivity index (χ0) is 14.4. The molecule has 0 N–H and O–H groups in total. The van der Waals surface area contributed by atoms with Crippen LogP contribution in [0.5, 0.6) is 5.75 Å². The van der Waals surface area contributed by atoms with Crippen molar-refractivity contribution in [2.45, 2.75) is 44.7 Å². The molecule has 1 aliphatic carbocycles. The van der Waals surface area contributed by atoms with Crippen LogP contribution in [-0.2, 0) is 6.54 Å². The van der Waals surface area contributed by atoms with Gasteiger partial charge in [-0.1, -0.05) is 37.5 Å². The zero-order valence-electron chi connectivity index (χ0n) is 12.5. The molecular formula is C17H24N2O. The number of hydrogen-bond donors (Lipinski definition) is 0. The molecule has 3 nitrogen and oxygen atoms in total. The van der Waals surface area contributed by atoms with Crippen LogP contribution >= 0.6 is 0 Å². The molecule has 108 valence electrons. The summed E-state index contributed by atoms with van der Waals surface area (Å²) in [5, 5.41) is 9.40. The molecule has 0 radical (unpaired) electrons. The van der Waals surface area contributed by atoms with E-state index in [0.717, 1.165) is 25.1 Å². The molecule has 1 fully saturated rings. The average molecular weight is 272 g/mol. The highest BCUT2D eigenvalue weighted by Gasteiger charge is 2.27. The van der Waals surface area contributed by atoms with E-state index in [1.807, 2.05) is 18.2 Å². The largest absolute Gasteiger partial charge is 0.496 e. The topological polar surface area (TPSA) is 36.3 Å². The van der Waals surface area contributed by atoms with Gasteiger partial charge in [0, 0.05) is 18.2 Å². The molecule has 0 bridgehead atoms. The predicted molar refractivity (Wildman–Crippen MR) is 80.4 cm³/mol. The lowest BCUT2D eigenvalue weighted by atomic mass is 9.94. The van der Waals surface area contributed by atoms with Crippen LogP contribution in [0.15, 0.2) is 24.3 Å². The number of benzene rings is 1. The Bertz CT molecular complexity index is 466. The van der Waals surface area contributed by atoms with Gasteiger partial charge in [0.05, 0.1) is 19.1 Å². The van der Waals surface area contributed by atoms with Crippen LogP contribution < -0.4 is 4.74 Å². The number of methoxy groups -OCH3 is 1. The SMILES string of the molecule is COc1ccccc1CN(C)C1CCCCCC1C#N. The fraction of sp³-hybridized carbons (Fsp3) is 0.588. The van der Waals surface area contributed by atoms with Crippen LogP contribution in [-0.4, -0.2) is 25.1 Å². The van der Waals surface area contributed by atoms with Crippen molar-refractivity contribution in [1.82, 2.24) is 4.90 Å². The predicted octanol–water partition coefficient (Wildman–Crippen LogP) is 3.60. The normalized spacial score (nSPS) is 23.1. The standard InChI is InChI=1S/C17H24N2O/c1-19(13-15-9-6-7-11-17(15)20-2)16-10-5-3-4-8-14(16)12-18/h6-7,9,11,14,16H,3-5,8,10,13H2,1-2H3. The highest BCUT2D eigenvalue weighted by atomic mass is 16.5. The second kappa shape index (κ2) is 7.31. The lowest BCUT2D eigenvalue weighted by Gasteiger charge is -2.30. The minimum absolute atomic E-state index is 0.164. The van der Waals surface area contributed by atoms with E-state index in [1.165, 1.54) is 24.8 Å². The minimum atomic E-state index is 0.164. The first kappa shape index (κ1) is 14.9. The summed E-state index contributed by atoms with van der Waals surface area (Å²) in [5.41, 5.74) is 1.19. The van der Waals surface area contributed by atoms with E-state index in [2.05, 4.69) is 24.1 Å². The summed E-state index contributed by atoms with van der Waals surface area (Å²) in [6.45, 7) is 0.840. The second-order valence-corrected chi connectivity index (χ2v) is 5.67. The van der Waals surface area contributed by atoms with E-state index in [4.69, 9.17) is 4.74 Å². The maximum atomic E-state index is 9.40. The van der Waals surface area contributed by atoms with Gasteiger partial charge in [-0.2, -0.15) is 5.26 Å². The monoisotopic (exact) mass is 272 g/mol. The Hall–Kier alpha value is -1.53. The third-order valence-corrected chi connectivity index (χ3v) is 4.32. The molecule has 20 heavy (non-hydrogen) atoms. The van der Waals surface area contributed by atoms with Crippen molar-refractivity contribution < 1.29 is 4.74 Å². The van der Waals surface area contributed by atoms with Crippen LogP contribution in [0, 0.1) is 17.2 Å². The molecule has 1 aromatic carbocycles. The van der Waals surface area contributed by atoms with Crippen molar-refractivity contribution >= 4 is 0 Å². The van der Waals surface area contributed by atoms with Gasteiger partial charge < -0.3 is 4.74 Å². The van der Waals surface area contributed by atoms with Crippen LogP contribution in [0.3, 0.4) is 0 Å². The lowest BCUT2D eigenvalue weighted by Crippen LogP contribution is -2.36. The summed E-state index contributed by atoms with van der Waals surface area (Å²) in [4.78, 5) is 2.33. The number of nitriles is 1. The fourth-order valence-corrected chi connectivity index (χ4v) is 3.19. The van der Waals surface area contributed by atoms with Crippen molar-refractivity contribution in [2.24, 2.45) is 5.92 Å². The lowest BCUT2D eigenvalue weighted by molar-refractivity contribution is 0.181. The van der Waals surface area contributed by atoms with Crippen LogP contribution in [0.2, 0.25) is 0 Å². The molecule has 0 heterocycles. The van der Waals surface area contributed by atoms with Crippen molar-refractivity contribution in [3.05, 3.63) is 29.8 Å². The zero-order valence-corrected chi connectivity index (χ0v) is 12.5. The van der Waals surface area contributed by atoms with Gasteiger partial charge in [0.1, 0.15) is 5.75 Å². The Balaban J connectivity index is 2.09. The molecule has 1 saturated carbocycles. The van der Waals surface area contributed by atoms with Gasteiger partial charge >= 0.3 is 0 Å². The Kier molecular flexibility index (Phi) is 5.43. The Morgan fingerprint density at radius 1 is 1.25 bits per heavy atom. The molecule has 0 aliphatic heterocycles. The van der Waals surface area contributed by atoms with Gasteiger partial charge in [0.25, 0.3) is 0 Å². The Morgan fingerprint density at radius 3 is 2.75 bits per heavy atom. The summed E-state index contributed by atoms with van der Waals surface area (Å²) in [6.07, 6.45) is 5.86. The number of nitrogens with zero attached hydrogens (tertiary/aromatic N) is 2. The smallest absolute Gasteiger partial charge is 0.123 e. The molecule has 0 saturated heterocycles. The number of ether oxygens (including phenoxy) is 1. The van der Waals surface area contributed by atoms with Gasteiger partial charge in [-0.05, 0) is 26.0 Å². The maximum Gasteiger partial charge on any atom is 0.123 e. The summed E-state index contributed by atoms with van der Waals surface area (Å²) >= 11 is 0. The van der Waals surface area contributed by atoms with Gasteiger partial charge in [-0.3, -0.25) is 4.90 Å². The molecule has 0 spiro atoms. The molecule has 0 aromatic heterocycles. The van der Waals surface area contributed by atoms with Gasteiger partial charge in [0.2, 0.25) is 0 Å². The van der Waals surface area contributed by atoms with Gasteiger partial charge in [0.15, 0.2) is 0 Å². The molecule has 2 unspecified atom stereocenters. The van der Waals surface area contributed by atoms with E-state index in [9.17, 15) is 5.26 Å². The van der Waals surface area contributed by atoms with Crippen molar-refractivity contribution in [3.63, 3.8) is 0 Å². The van der Waals surface area contributed by atoms with Crippen molar-refractivity contribution in [1.29, 1.82) is 5.26 Å². The molecule has 3 heteroatoms. The van der Waals surface area contributed by atoms with Crippen LogP contribution in [0.25, 0.3) is 0 Å². The summed E-state index contributed by atoms with van der Waals surface area (Å²) in [5.74, 6) is 1.10. The molecule has 1 aliphatic rings. The molecule has 1 aromatic rings. The first-order valence-corrected chi connectivity index (χ1v) is 7.48. The number of para-hydroxylation sites is 1. The van der Waals surface area contributed by atoms with Crippen molar-refractivity contribution in [2.75, 3.05) is 14.2 Å². The Morgan fingerprint density at radius 2 is 2.00 bits per heavy atom. The van der Waals surface area contributed by atoms with E-state index in [0.29, 0.717) is 6.04 Å². The van der Waals surface area contributed by atoms with Crippen molar-refractivity contribution in [3.8, 4) is 11.8 Å². The average Bonchev–Trinajstić information content (AvgIpc) is 2.73. The first-order chi connectivity index (χ1) is 9.76. The number of rotatable bonds is 4. The molecule has 0 amide bonds. The van der Waals surface area contributed by atoms with E-state index in [-0.39, 0.29) is 5.92 Å². The maximum absolute atomic E-state index is 9.40. The molecule has 2 rings (SSSR count). The van der Waals surface area contributed by atoms with Gasteiger partial charge in [-0.25, -0.2) is 0 Å². The number of hydrogen-bond acceptors (Lipinski definition) is 3. The van der Waals surface area contributed by atoms with Gasteiger partial charge in [-0.15, -0.1) is 0 Å². The molecular weight excluding hydrogens is 248 g/mol. The van der Waals surface area contributed by atoms with Crippen LogP contribution in [0.4, 0.5) is 0 Å². The molecule has 2 atom stereocenters.